The Morgan fingerprint density at radius 1 is 1.00 bits per heavy atom. The zero-order chi connectivity index (χ0) is 24.6. The van der Waals surface area contributed by atoms with Crippen molar-refractivity contribution in [3.05, 3.63) is 54.2 Å². The van der Waals surface area contributed by atoms with Gasteiger partial charge < -0.3 is 29.2 Å². The van der Waals surface area contributed by atoms with E-state index in [9.17, 15) is 9.59 Å². The lowest BCUT2D eigenvalue weighted by Crippen LogP contribution is -2.36. The molecule has 1 aliphatic rings. The van der Waals surface area contributed by atoms with Crippen molar-refractivity contribution in [3.8, 4) is 11.5 Å². The number of morpholine rings is 1. The van der Waals surface area contributed by atoms with E-state index in [-0.39, 0.29) is 5.69 Å². The summed E-state index contributed by atoms with van der Waals surface area (Å²) >= 11 is 0. The Kier molecular flexibility index (Phi) is 7.99. The number of para-hydroxylation sites is 1. The van der Waals surface area contributed by atoms with Crippen LogP contribution in [0.4, 0.5) is 11.4 Å². The van der Waals surface area contributed by atoms with Crippen molar-refractivity contribution in [3.63, 3.8) is 0 Å². The molecule has 2 aromatic carbocycles. The van der Waals surface area contributed by atoms with Gasteiger partial charge in [-0.1, -0.05) is 24.3 Å². The van der Waals surface area contributed by atoms with Gasteiger partial charge >= 0.3 is 5.97 Å². The van der Waals surface area contributed by atoms with Gasteiger partial charge in [-0.15, -0.1) is 0 Å². The molecule has 4 rings (SSSR count). The second-order valence-electron chi connectivity index (χ2n) is 7.80. The normalized spacial score (nSPS) is 13.4. The number of amides is 1. The number of hydrogen-bond donors (Lipinski definition) is 1. The first-order chi connectivity index (χ1) is 17.1. The zero-order valence-corrected chi connectivity index (χ0v) is 19.9. The summed E-state index contributed by atoms with van der Waals surface area (Å²) in [5.41, 5.74) is 2.14. The fourth-order valence-electron chi connectivity index (χ4n) is 3.82. The Labute approximate surface area is 203 Å². The second kappa shape index (κ2) is 11.5. The minimum atomic E-state index is -0.673. The predicted molar refractivity (Wildman–Crippen MR) is 132 cm³/mol. The molecule has 0 atom stereocenters. The van der Waals surface area contributed by atoms with Crippen LogP contribution in [0.1, 0.15) is 24.3 Å². The van der Waals surface area contributed by atoms with E-state index in [2.05, 4.69) is 15.2 Å². The van der Waals surface area contributed by atoms with Crippen LogP contribution in [0.2, 0.25) is 0 Å². The van der Waals surface area contributed by atoms with Crippen molar-refractivity contribution < 1.29 is 28.5 Å². The molecule has 9 nitrogen and oxygen atoms in total. The van der Waals surface area contributed by atoms with Crippen LogP contribution in [0.15, 0.2) is 48.5 Å². The summed E-state index contributed by atoms with van der Waals surface area (Å²) < 4.78 is 22.3. The van der Waals surface area contributed by atoms with Gasteiger partial charge in [-0.3, -0.25) is 4.79 Å². The highest BCUT2D eigenvalue weighted by Crippen LogP contribution is 2.39. The van der Waals surface area contributed by atoms with Crippen molar-refractivity contribution in [2.45, 2.75) is 13.8 Å². The number of carbonyl (C=O) groups is 2. The van der Waals surface area contributed by atoms with Crippen LogP contribution in [0.5, 0.6) is 11.5 Å². The van der Waals surface area contributed by atoms with Crippen LogP contribution in [0, 0.1) is 0 Å². The van der Waals surface area contributed by atoms with E-state index in [0.29, 0.717) is 49.1 Å². The number of rotatable bonds is 9. The molecule has 1 aromatic heterocycles. The molecule has 0 spiro atoms. The van der Waals surface area contributed by atoms with Gasteiger partial charge in [0.25, 0.3) is 5.91 Å². The third-order valence-electron chi connectivity index (χ3n) is 5.43. The van der Waals surface area contributed by atoms with Crippen molar-refractivity contribution in [2.75, 3.05) is 56.3 Å². The third kappa shape index (κ3) is 5.99. The molecule has 0 bridgehead atoms. The highest BCUT2D eigenvalue weighted by Gasteiger charge is 2.21. The first-order valence-corrected chi connectivity index (χ1v) is 11.7. The largest absolute Gasteiger partial charge is 0.492 e. The summed E-state index contributed by atoms with van der Waals surface area (Å²) in [4.78, 5) is 31.6. The third-order valence-corrected chi connectivity index (χ3v) is 5.43. The smallest absolute Gasteiger partial charge is 0.357 e. The molecule has 184 valence electrons. The summed E-state index contributed by atoms with van der Waals surface area (Å²) in [7, 11) is 0. The summed E-state index contributed by atoms with van der Waals surface area (Å²) in [6.45, 7) is 6.92. The first-order valence-electron chi connectivity index (χ1n) is 11.7. The molecule has 1 aliphatic heterocycles. The molecule has 9 heteroatoms. The minimum absolute atomic E-state index is 0.139. The van der Waals surface area contributed by atoms with Gasteiger partial charge in [-0.2, -0.15) is 0 Å². The number of ether oxygens (including phenoxy) is 4. The SMILES string of the molecule is CCOc1cc(N2CCOCC2)c(OCC)cc1NC(=O)COC(=O)c1ccc2ccccc2n1. The molecule has 0 saturated carbocycles. The average molecular weight is 480 g/mol. The van der Waals surface area contributed by atoms with Crippen molar-refractivity contribution in [1.29, 1.82) is 0 Å². The van der Waals surface area contributed by atoms with E-state index in [1.807, 2.05) is 44.2 Å². The maximum absolute atomic E-state index is 12.6. The van der Waals surface area contributed by atoms with Gasteiger partial charge in [-0.25, -0.2) is 9.78 Å². The van der Waals surface area contributed by atoms with Crippen LogP contribution < -0.4 is 19.7 Å². The van der Waals surface area contributed by atoms with Gasteiger partial charge in [-0.05, 0) is 26.0 Å². The number of hydrogen-bond acceptors (Lipinski definition) is 8. The van der Waals surface area contributed by atoms with E-state index >= 15 is 0 Å². The van der Waals surface area contributed by atoms with Crippen LogP contribution >= 0.6 is 0 Å². The molecule has 1 fully saturated rings. The summed E-state index contributed by atoms with van der Waals surface area (Å²) in [5.74, 6) is -0.0332. The van der Waals surface area contributed by atoms with E-state index in [0.717, 1.165) is 24.2 Å². The molecule has 0 radical (unpaired) electrons. The quantitative estimate of drug-likeness (QED) is 0.464. The maximum Gasteiger partial charge on any atom is 0.357 e. The monoisotopic (exact) mass is 479 g/mol. The number of carbonyl (C=O) groups excluding carboxylic acids is 2. The Balaban J connectivity index is 1.46. The second-order valence-corrected chi connectivity index (χ2v) is 7.80. The first kappa shape index (κ1) is 24.3. The topological polar surface area (TPSA) is 99.2 Å². The highest BCUT2D eigenvalue weighted by molar-refractivity contribution is 5.97. The molecule has 35 heavy (non-hydrogen) atoms. The Bertz CT molecular complexity index is 1190. The Morgan fingerprint density at radius 2 is 1.74 bits per heavy atom. The molecular formula is C26H29N3O6. The van der Waals surface area contributed by atoms with Crippen LogP contribution in [0.25, 0.3) is 10.9 Å². The standard InChI is InChI=1S/C26H29N3O6/c1-3-33-23-16-22(29-11-13-32-14-12-29)24(34-4-2)15-21(23)28-25(30)17-35-26(31)20-10-9-18-7-5-6-8-19(18)27-20/h5-10,15-16H,3-4,11-14,17H2,1-2H3,(H,28,30). The van der Waals surface area contributed by atoms with Gasteiger partial charge in [0.05, 0.1) is 43.3 Å². The van der Waals surface area contributed by atoms with E-state index in [4.69, 9.17) is 18.9 Å². The molecule has 2 heterocycles. The maximum atomic E-state index is 12.6. The van der Waals surface area contributed by atoms with E-state index < -0.39 is 18.5 Å². The molecule has 1 saturated heterocycles. The van der Waals surface area contributed by atoms with Crippen molar-refractivity contribution >= 4 is 34.2 Å². The van der Waals surface area contributed by atoms with Crippen LogP contribution in [0.3, 0.4) is 0 Å². The van der Waals surface area contributed by atoms with E-state index in [1.165, 1.54) is 0 Å². The predicted octanol–water partition coefficient (Wildman–Crippen LogP) is 3.66. The summed E-state index contributed by atoms with van der Waals surface area (Å²) in [6, 6.07) is 14.4. The van der Waals surface area contributed by atoms with Gasteiger partial charge in [0.2, 0.25) is 0 Å². The number of nitrogens with one attached hydrogen (secondary N) is 1. The lowest BCUT2D eigenvalue weighted by Gasteiger charge is -2.31. The molecule has 0 aliphatic carbocycles. The van der Waals surface area contributed by atoms with Crippen molar-refractivity contribution in [1.82, 2.24) is 4.98 Å². The fraction of sp³-hybridized carbons (Fsp3) is 0.346. The number of esters is 1. The molecule has 0 unspecified atom stereocenters. The number of pyridine rings is 1. The fourth-order valence-corrected chi connectivity index (χ4v) is 3.82. The van der Waals surface area contributed by atoms with Crippen LogP contribution in [-0.2, 0) is 14.3 Å². The summed E-state index contributed by atoms with van der Waals surface area (Å²) in [6.07, 6.45) is 0. The molecule has 1 amide bonds. The van der Waals surface area contributed by atoms with Crippen molar-refractivity contribution in [2.24, 2.45) is 0 Å². The molecule has 3 aromatic rings. The van der Waals surface area contributed by atoms with Crippen LogP contribution in [-0.4, -0.2) is 63.0 Å². The van der Waals surface area contributed by atoms with E-state index in [1.54, 1.807) is 18.2 Å². The number of benzene rings is 2. The molecule has 1 N–H and O–H groups in total. The molecular weight excluding hydrogens is 450 g/mol. The van der Waals surface area contributed by atoms with Gasteiger partial charge in [0.1, 0.15) is 17.2 Å². The Hall–Kier alpha value is -3.85. The number of aromatic nitrogens is 1. The zero-order valence-electron chi connectivity index (χ0n) is 19.9. The number of anilines is 2. The number of nitrogens with zero attached hydrogens (tertiary/aromatic N) is 2. The van der Waals surface area contributed by atoms with Gasteiger partial charge in [0, 0.05) is 30.6 Å². The highest BCUT2D eigenvalue weighted by atomic mass is 16.5. The van der Waals surface area contributed by atoms with Gasteiger partial charge in [0.15, 0.2) is 6.61 Å². The summed E-state index contributed by atoms with van der Waals surface area (Å²) in [5, 5.41) is 3.69. The minimum Gasteiger partial charge on any atom is -0.492 e. The lowest BCUT2D eigenvalue weighted by molar-refractivity contribution is -0.119. The lowest BCUT2D eigenvalue weighted by atomic mass is 10.2. The Morgan fingerprint density at radius 3 is 2.51 bits per heavy atom. The average Bonchev–Trinajstić information content (AvgIpc) is 2.89. The number of fused-ring (bicyclic) bond motifs is 1.